The number of carbonyl (C=O) groups excluding carboxylic acids is 2. The molecule has 0 amide bonds. The normalized spacial score (nSPS) is 19.4. The molecule has 0 saturated carbocycles. The Morgan fingerprint density at radius 2 is 1.97 bits per heavy atom. The zero-order valence-electron chi connectivity index (χ0n) is 20.9. The first-order valence-corrected chi connectivity index (χ1v) is 13.2. The molecule has 1 N–H and O–H groups in total. The first-order valence-electron chi connectivity index (χ1n) is 12.0. The van der Waals surface area contributed by atoms with Crippen LogP contribution in [-0.2, 0) is 27.4 Å². The molecule has 5 nitrogen and oxygen atoms in total. The number of para-hydroxylation sites is 1. The Morgan fingerprint density at radius 3 is 2.66 bits per heavy atom. The summed E-state index contributed by atoms with van der Waals surface area (Å²) in [6.45, 7) is 10.6. The first-order chi connectivity index (χ1) is 16.6. The van der Waals surface area contributed by atoms with Crippen molar-refractivity contribution in [2.45, 2.75) is 66.4 Å². The summed E-state index contributed by atoms with van der Waals surface area (Å²) in [7, 11) is 0. The third-order valence-corrected chi connectivity index (χ3v) is 8.17. The van der Waals surface area contributed by atoms with Crippen molar-refractivity contribution in [3.05, 3.63) is 73.2 Å². The Bertz CT molecular complexity index is 1220. The van der Waals surface area contributed by atoms with Gasteiger partial charge in [0.25, 0.3) is 0 Å². The average molecular weight is 514 g/mol. The van der Waals surface area contributed by atoms with Crippen molar-refractivity contribution in [1.29, 1.82) is 0 Å². The molecule has 0 unspecified atom stereocenters. The number of esters is 1. The molecule has 1 aromatic heterocycles. The minimum Gasteiger partial charge on any atom is -0.487 e. The third-order valence-electron chi connectivity index (χ3n) is 6.48. The van der Waals surface area contributed by atoms with Gasteiger partial charge >= 0.3 is 5.97 Å². The molecule has 0 saturated heterocycles. The number of rotatable bonds is 7. The van der Waals surface area contributed by atoms with E-state index in [0.29, 0.717) is 34.9 Å². The Hall–Kier alpha value is -2.57. The number of thiophene rings is 1. The Morgan fingerprint density at radius 1 is 1.23 bits per heavy atom. The highest BCUT2D eigenvalue weighted by molar-refractivity contribution is 7.12. The van der Waals surface area contributed by atoms with Gasteiger partial charge in [-0.3, -0.25) is 4.79 Å². The van der Waals surface area contributed by atoms with E-state index in [2.05, 4.69) is 32.2 Å². The van der Waals surface area contributed by atoms with Gasteiger partial charge in [-0.2, -0.15) is 0 Å². The van der Waals surface area contributed by atoms with Crippen LogP contribution in [0.2, 0.25) is 5.02 Å². The SMILES string of the molecule is CCOC(=O)C1=C(C)NC2=C(C(=O)CC(C)(C)C2)[C@H]1c1cc(COc2ccccc2Cl)c(CC)s1. The average Bonchev–Trinajstić information content (AvgIpc) is 3.19. The maximum absolute atomic E-state index is 13.5. The zero-order chi connectivity index (χ0) is 25.3. The number of halogens is 1. The number of hydrogen-bond donors (Lipinski definition) is 1. The van der Waals surface area contributed by atoms with E-state index in [1.54, 1.807) is 24.3 Å². The highest BCUT2D eigenvalue weighted by atomic mass is 35.5. The molecule has 0 bridgehead atoms. The summed E-state index contributed by atoms with van der Waals surface area (Å²) >= 11 is 7.91. The Kier molecular flexibility index (Phi) is 7.43. The van der Waals surface area contributed by atoms with E-state index in [9.17, 15) is 9.59 Å². The summed E-state index contributed by atoms with van der Waals surface area (Å²) in [5.74, 6) is -0.114. The predicted molar refractivity (Wildman–Crippen MR) is 140 cm³/mol. The summed E-state index contributed by atoms with van der Waals surface area (Å²) in [5.41, 5.74) is 3.78. The van der Waals surface area contributed by atoms with Crippen LogP contribution in [0, 0.1) is 5.41 Å². The second kappa shape index (κ2) is 10.2. The topological polar surface area (TPSA) is 64.6 Å². The van der Waals surface area contributed by atoms with Crippen molar-refractivity contribution in [3.8, 4) is 5.75 Å². The second-order valence-corrected chi connectivity index (χ2v) is 11.4. The predicted octanol–water partition coefficient (Wildman–Crippen LogP) is 6.71. The van der Waals surface area contributed by atoms with Gasteiger partial charge < -0.3 is 14.8 Å². The highest BCUT2D eigenvalue weighted by Crippen LogP contribution is 2.48. The van der Waals surface area contributed by atoms with Gasteiger partial charge in [0, 0.05) is 38.7 Å². The van der Waals surface area contributed by atoms with Crippen molar-refractivity contribution in [2.24, 2.45) is 5.41 Å². The van der Waals surface area contributed by atoms with E-state index in [0.717, 1.165) is 39.6 Å². The number of benzene rings is 1. The number of aryl methyl sites for hydroxylation is 1. The van der Waals surface area contributed by atoms with E-state index in [-0.39, 0.29) is 23.8 Å². The second-order valence-electron chi connectivity index (χ2n) is 9.82. The maximum Gasteiger partial charge on any atom is 0.336 e. The number of ketones is 1. The van der Waals surface area contributed by atoms with Crippen molar-refractivity contribution in [2.75, 3.05) is 6.61 Å². The van der Waals surface area contributed by atoms with Crippen LogP contribution in [0.1, 0.15) is 68.7 Å². The fourth-order valence-corrected chi connectivity index (χ4v) is 6.39. The van der Waals surface area contributed by atoms with Crippen molar-refractivity contribution in [1.82, 2.24) is 5.32 Å². The quantitative estimate of drug-likeness (QED) is 0.417. The molecule has 7 heteroatoms. The number of hydrogen-bond acceptors (Lipinski definition) is 6. The largest absolute Gasteiger partial charge is 0.487 e. The van der Waals surface area contributed by atoms with Crippen LogP contribution < -0.4 is 10.1 Å². The lowest BCUT2D eigenvalue weighted by Crippen LogP contribution is -2.38. The monoisotopic (exact) mass is 513 g/mol. The lowest BCUT2D eigenvalue weighted by molar-refractivity contribution is -0.138. The lowest BCUT2D eigenvalue weighted by atomic mass is 9.70. The molecule has 4 rings (SSSR count). The van der Waals surface area contributed by atoms with Gasteiger partial charge in [0.1, 0.15) is 12.4 Å². The molecule has 0 spiro atoms. The van der Waals surface area contributed by atoms with E-state index in [1.165, 1.54) is 0 Å². The summed E-state index contributed by atoms with van der Waals surface area (Å²) in [6.07, 6.45) is 2.03. The molecule has 1 aliphatic carbocycles. The minimum atomic E-state index is -0.446. The third kappa shape index (κ3) is 5.19. The molecule has 186 valence electrons. The zero-order valence-corrected chi connectivity index (χ0v) is 22.5. The van der Waals surface area contributed by atoms with Gasteiger partial charge in [0.2, 0.25) is 0 Å². The van der Waals surface area contributed by atoms with Gasteiger partial charge in [-0.05, 0) is 50.3 Å². The van der Waals surface area contributed by atoms with Crippen molar-refractivity contribution in [3.63, 3.8) is 0 Å². The van der Waals surface area contributed by atoms with E-state index >= 15 is 0 Å². The van der Waals surface area contributed by atoms with Crippen LogP contribution in [0.3, 0.4) is 0 Å². The van der Waals surface area contributed by atoms with Crippen molar-refractivity contribution >= 4 is 34.7 Å². The van der Waals surface area contributed by atoms with Crippen LogP contribution in [-0.4, -0.2) is 18.4 Å². The molecule has 0 fully saturated rings. The molecule has 0 radical (unpaired) electrons. The molecule has 2 aromatic rings. The van der Waals surface area contributed by atoms with Crippen molar-refractivity contribution < 1.29 is 19.1 Å². The van der Waals surface area contributed by atoms with Crippen LogP contribution in [0.4, 0.5) is 0 Å². The smallest absolute Gasteiger partial charge is 0.336 e. The summed E-state index contributed by atoms with van der Waals surface area (Å²) in [5, 5.41) is 3.95. The number of ether oxygens (including phenoxy) is 2. The minimum absolute atomic E-state index is 0.0864. The summed E-state index contributed by atoms with van der Waals surface area (Å²) in [6, 6.07) is 9.49. The number of Topliss-reactive ketones (excluding diaryl/α,β-unsaturated/α-hetero) is 1. The standard InChI is InChI=1S/C28H32ClNO4S/c1-6-22-17(15-34-21-11-9-8-10-18(21)29)12-23(35-22)26-24(27(32)33-7-2)16(3)30-19-13-28(4,5)14-20(31)25(19)26/h8-12,26,30H,6-7,13-15H2,1-5H3/t26-/m0/s1. The van der Waals surface area contributed by atoms with Gasteiger partial charge in [0.15, 0.2) is 5.78 Å². The molecular formula is C28H32ClNO4S. The molecule has 1 aromatic carbocycles. The molecular weight excluding hydrogens is 482 g/mol. The highest BCUT2D eigenvalue weighted by Gasteiger charge is 2.43. The number of carbonyl (C=O) groups is 2. The fourth-order valence-electron chi connectivity index (χ4n) is 4.97. The maximum atomic E-state index is 13.5. The van der Waals surface area contributed by atoms with Gasteiger partial charge in [-0.1, -0.05) is 44.5 Å². The van der Waals surface area contributed by atoms with Gasteiger partial charge in [-0.25, -0.2) is 4.79 Å². The summed E-state index contributed by atoms with van der Waals surface area (Å²) in [4.78, 5) is 28.7. The molecule has 2 aliphatic rings. The molecule has 2 heterocycles. The van der Waals surface area contributed by atoms with Crippen LogP contribution in [0.5, 0.6) is 5.75 Å². The molecule has 1 aliphatic heterocycles. The summed E-state index contributed by atoms with van der Waals surface area (Å²) < 4.78 is 11.5. The Labute approximate surface area is 216 Å². The van der Waals surface area contributed by atoms with Crippen LogP contribution in [0.15, 0.2) is 52.9 Å². The van der Waals surface area contributed by atoms with Gasteiger partial charge in [0.05, 0.1) is 23.1 Å². The molecule has 35 heavy (non-hydrogen) atoms. The van der Waals surface area contributed by atoms with Gasteiger partial charge in [-0.15, -0.1) is 11.3 Å². The Balaban J connectivity index is 1.77. The molecule has 1 atom stereocenters. The van der Waals surface area contributed by atoms with Crippen LogP contribution >= 0.6 is 22.9 Å². The number of nitrogens with one attached hydrogen (secondary N) is 1. The fraction of sp³-hybridized carbons (Fsp3) is 0.429. The number of allylic oxidation sites excluding steroid dienone is 3. The van der Waals surface area contributed by atoms with E-state index in [4.69, 9.17) is 21.1 Å². The van der Waals surface area contributed by atoms with E-state index in [1.807, 2.05) is 25.1 Å². The first kappa shape index (κ1) is 25.5. The lowest BCUT2D eigenvalue weighted by Gasteiger charge is -2.39. The number of dihydropyridines is 1. The van der Waals surface area contributed by atoms with E-state index < -0.39 is 5.92 Å². The van der Waals surface area contributed by atoms with Crippen LogP contribution in [0.25, 0.3) is 0 Å².